The summed E-state index contributed by atoms with van der Waals surface area (Å²) in [5.41, 5.74) is 7.62. The zero-order valence-corrected chi connectivity index (χ0v) is 13.7. The van der Waals surface area contributed by atoms with Gasteiger partial charge in [0.1, 0.15) is 0 Å². The minimum Gasteiger partial charge on any atom is -0.366 e. The molecule has 0 aliphatic carbocycles. The maximum Gasteiger partial charge on any atom is 0.259 e. The van der Waals surface area contributed by atoms with Crippen molar-refractivity contribution < 1.29 is 14.0 Å². The molecule has 0 unspecified atom stereocenters. The van der Waals surface area contributed by atoms with Gasteiger partial charge in [-0.2, -0.15) is 0 Å². The third kappa shape index (κ3) is 3.54. The Kier molecular flexibility index (Phi) is 4.66. The molecule has 8 heteroatoms. The van der Waals surface area contributed by atoms with Gasteiger partial charge in [-0.3, -0.25) is 19.6 Å². The molecule has 130 valence electrons. The number of rotatable bonds is 4. The van der Waals surface area contributed by atoms with E-state index in [1.807, 2.05) is 6.92 Å². The van der Waals surface area contributed by atoms with E-state index in [0.29, 0.717) is 16.8 Å². The first-order valence-corrected chi connectivity index (χ1v) is 7.59. The van der Waals surface area contributed by atoms with Gasteiger partial charge in [0.2, 0.25) is 5.91 Å². The van der Waals surface area contributed by atoms with Crippen LogP contribution in [0.25, 0.3) is 11.3 Å². The number of nitrogens with zero attached hydrogens (tertiary/aromatic N) is 3. The van der Waals surface area contributed by atoms with Crippen molar-refractivity contribution >= 4 is 17.6 Å². The number of nitrogens with two attached hydrogens (primary N) is 1. The highest BCUT2D eigenvalue weighted by Gasteiger charge is 2.13. The molecule has 2 aromatic heterocycles. The molecule has 7 nitrogen and oxygen atoms in total. The number of carbonyl (C=O) groups is 2. The SMILES string of the molecule is Cc1ccc(C(N)=O)cc1-c1cnc(NC(=O)c2ccncc2F)cn1. The van der Waals surface area contributed by atoms with Gasteiger partial charge in [-0.15, -0.1) is 0 Å². The molecule has 3 N–H and O–H groups in total. The van der Waals surface area contributed by atoms with Crippen molar-refractivity contribution in [1.82, 2.24) is 15.0 Å². The second-order valence-electron chi connectivity index (χ2n) is 5.49. The largest absolute Gasteiger partial charge is 0.366 e. The molecule has 2 heterocycles. The first-order chi connectivity index (χ1) is 12.5. The molecular weight excluding hydrogens is 337 g/mol. The van der Waals surface area contributed by atoms with Crippen LogP contribution in [0.4, 0.5) is 10.2 Å². The first-order valence-electron chi connectivity index (χ1n) is 7.59. The predicted octanol–water partition coefficient (Wildman–Crippen LogP) is 2.34. The normalized spacial score (nSPS) is 10.4. The van der Waals surface area contributed by atoms with E-state index < -0.39 is 17.6 Å². The molecule has 0 aliphatic rings. The molecule has 2 amide bonds. The molecule has 3 rings (SSSR count). The molecule has 1 aromatic carbocycles. The molecular formula is C18H14FN5O2. The lowest BCUT2D eigenvalue weighted by Gasteiger charge is -2.08. The standard InChI is InChI=1S/C18H14FN5O2/c1-10-2-3-11(17(20)25)6-13(10)15-8-23-16(9-22-15)24-18(26)12-4-5-21-7-14(12)19/h2-9H,1H3,(H2,20,25)(H,23,24,26). The smallest absolute Gasteiger partial charge is 0.259 e. The summed E-state index contributed by atoms with van der Waals surface area (Å²) in [6, 6.07) is 6.29. The van der Waals surface area contributed by atoms with Crippen molar-refractivity contribution in [3.05, 3.63) is 71.6 Å². The number of aromatic nitrogens is 3. The number of anilines is 1. The average molecular weight is 351 g/mol. The van der Waals surface area contributed by atoms with Crippen LogP contribution in [0.3, 0.4) is 0 Å². The number of carbonyl (C=O) groups excluding carboxylic acids is 2. The summed E-state index contributed by atoms with van der Waals surface area (Å²) >= 11 is 0. The maximum absolute atomic E-state index is 13.6. The predicted molar refractivity (Wildman–Crippen MR) is 92.9 cm³/mol. The number of aryl methyl sites for hydroxylation is 1. The molecule has 3 aromatic rings. The summed E-state index contributed by atoms with van der Waals surface area (Å²) in [6.45, 7) is 1.86. The van der Waals surface area contributed by atoms with Crippen LogP contribution in [-0.4, -0.2) is 26.8 Å². The van der Waals surface area contributed by atoms with Crippen molar-refractivity contribution in [3.63, 3.8) is 0 Å². The number of pyridine rings is 1. The number of hydrogen-bond donors (Lipinski definition) is 2. The lowest BCUT2D eigenvalue weighted by Crippen LogP contribution is -2.15. The van der Waals surface area contributed by atoms with E-state index >= 15 is 0 Å². The van der Waals surface area contributed by atoms with E-state index in [0.717, 1.165) is 11.8 Å². The van der Waals surface area contributed by atoms with E-state index in [-0.39, 0.29) is 11.4 Å². The van der Waals surface area contributed by atoms with Gasteiger partial charge >= 0.3 is 0 Å². The highest BCUT2D eigenvalue weighted by atomic mass is 19.1. The summed E-state index contributed by atoms with van der Waals surface area (Å²) in [7, 11) is 0. The number of halogens is 1. The topological polar surface area (TPSA) is 111 Å². The Morgan fingerprint density at radius 2 is 1.92 bits per heavy atom. The van der Waals surface area contributed by atoms with E-state index in [2.05, 4.69) is 20.3 Å². The zero-order chi connectivity index (χ0) is 18.7. The summed E-state index contributed by atoms with van der Waals surface area (Å²) in [6.07, 6.45) is 5.08. The fraction of sp³-hybridized carbons (Fsp3) is 0.0556. The van der Waals surface area contributed by atoms with Crippen molar-refractivity contribution in [2.24, 2.45) is 5.73 Å². The Morgan fingerprint density at radius 3 is 2.58 bits per heavy atom. The molecule has 0 aliphatic heterocycles. The van der Waals surface area contributed by atoms with Gasteiger partial charge in [0.05, 0.1) is 29.8 Å². The number of amides is 2. The van der Waals surface area contributed by atoms with Gasteiger partial charge < -0.3 is 11.1 Å². The number of primary amides is 1. The minimum absolute atomic E-state index is 0.143. The summed E-state index contributed by atoms with van der Waals surface area (Å²) < 4.78 is 13.6. The zero-order valence-electron chi connectivity index (χ0n) is 13.7. The van der Waals surface area contributed by atoms with E-state index in [4.69, 9.17) is 5.73 Å². The fourth-order valence-electron chi connectivity index (χ4n) is 2.33. The van der Waals surface area contributed by atoms with Gasteiger partial charge in [0.15, 0.2) is 11.6 Å². The Morgan fingerprint density at radius 1 is 1.12 bits per heavy atom. The quantitative estimate of drug-likeness (QED) is 0.749. The number of hydrogen-bond acceptors (Lipinski definition) is 5. The Balaban J connectivity index is 1.83. The van der Waals surface area contributed by atoms with Gasteiger partial charge in [0, 0.05) is 17.3 Å². The highest BCUT2D eigenvalue weighted by Crippen LogP contribution is 2.23. The first kappa shape index (κ1) is 17.2. The molecule has 0 fully saturated rings. The van der Waals surface area contributed by atoms with Crippen molar-refractivity contribution in [1.29, 1.82) is 0 Å². The molecule has 0 bridgehead atoms. The lowest BCUT2D eigenvalue weighted by atomic mass is 10.0. The van der Waals surface area contributed by atoms with Crippen LogP contribution >= 0.6 is 0 Å². The van der Waals surface area contributed by atoms with Crippen LogP contribution in [0.2, 0.25) is 0 Å². The van der Waals surface area contributed by atoms with Gasteiger partial charge in [0.25, 0.3) is 5.91 Å². The van der Waals surface area contributed by atoms with E-state index in [1.54, 1.807) is 18.2 Å². The van der Waals surface area contributed by atoms with Crippen LogP contribution in [-0.2, 0) is 0 Å². The third-order valence-corrected chi connectivity index (χ3v) is 3.71. The summed E-state index contributed by atoms with van der Waals surface area (Å²) in [4.78, 5) is 35.4. The molecule has 0 spiro atoms. The third-order valence-electron chi connectivity index (χ3n) is 3.71. The van der Waals surface area contributed by atoms with E-state index in [9.17, 15) is 14.0 Å². The van der Waals surface area contributed by atoms with Crippen molar-refractivity contribution in [2.45, 2.75) is 6.92 Å². The lowest BCUT2D eigenvalue weighted by molar-refractivity contribution is 0.0997. The van der Waals surface area contributed by atoms with Crippen LogP contribution in [0.1, 0.15) is 26.3 Å². The van der Waals surface area contributed by atoms with Crippen LogP contribution < -0.4 is 11.1 Å². The minimum atomic E-state index is -0.728. The molecule has 26 heavy (non-hydrogen) atoms. The molecule has 0 saturated heterocycles. The van der Waals surface area contributed by atoms with Crippen molar-refractivity contribution in [2.75, 3.05) is 5.32 Å². The van der Waals surface area contributed by atoms with Crippen LogP contribution in [0, 0.1) is 12.7 Å². The maximum atomic E-state index is 13.6. The highest BCUT2D eigenvalue weighted by molar-refractivity contribution is 6.03. The van der Waals surface area contributed by atoms with Gasteiger partial charge in [-0.1, -0.05) is 6.07 Å². The Labute approximate surface area is 148 Å². The number of benzene rings is 1. The average Bonchev–Trinajstić information content (AvgIpc) is 2.63. The van der Waals surface area contributed by atoms with E-state index in [1.165, 1.54) is 24.7 Å². The van der Waals surface area contributed by atoms with Gasteiger partial charge in [-0.25, -0.2) is 9.37 Å². The van der Waals surface area contributed by atoms with Crippen molar-refractivity contribution in [3.8, 4) is 11.3 Å². The Hall–Kier alpha value is -3.68. The fourth-order valence-corrected chi connectivity index (χ4v) is 2.33. The molecule has 0 radical (unpaired) electrons. The van der Waals surface area contributed by atoms with Gasteiger partial charge in [-0.05, 0) is 30.7 Å². The summed E-state index contributed by atoms with van der Waals surface area (Å²) in [5, 5.41) is 2.47. The van der Waals surface area contributed by atoms with Crippen LogP contribution in [0.5, 0.6) is 0 Å². The monoisotopic (exact) mass is 351 g/mol. The van der Waals surface area contributed by atoms with Crippen LogP contribution in [0.15, 0.2) is 49.1 Å². The second-order valence-corrected chi connectivity index (χ2v) is 5.49. The Bertz CT molecular complexity index is 989. The molecule has 0 atom stereocenters. The summed E-state index contributed by atoms with van der Waals surface area (Å²) in [5.74, 6) is -1.76. The number of nitrogens with one attached hydrogen (secondary N) is 1. The molecule has 0 saturated carbocycles. The second kappa shape index (κ2) is 7.06.